The molecule has 0 heterocycles. The minimum absolute atomic E-state index is 0.276. The standard InChI is InChI=1S/C14H20N2O3/c1-4-11(13(17)18)15-14(19)16-12-8-6-5-7-10(12)9(2)3/h5-9,11H,4H2,1-3H3,(H,17,18)(H2,15,16,19). The van der Waals surface area contributed by atoms with Gasteiger partial charge in [-0.15, -0.1) is 0 Å². The van der Waals surface area contributed by atoms with Gasteiger partial charge >= 0.3 is 12.0 Å². The Kier molecular flexibility index (Phi) is 5.36. The Morgan fingerprint density at radius 3 is 2.42 bits per heavy atom. The molecule has 1 aromatic carbocycles. The van der Waals surface area contributed by atoms with Crippen LogP contribution in [0.3, 0.4) is 0 Å². The molecule has 0 bridgehead atoms. The number of hydrogen-bond acceptors (Lipinski definition) is 2. The molecular formula is C14H20N2O3. The summed E-state index contributed by atoms with van der Waals surface area (Å²) in [5, 5.41) is 14.0. The van der Waals surface area contributed by atoms with Crippen molar-refractivity contribution >= 4 is 17.7 Å². The van der Waals surface area contributed by atoms with Crippen molar-refractivity contribution in [1.29, 1.82) is 0 Å². The first-order chi connectivity index (χ1) is 8.95. The number of carboxylic acids is 1. The van der Waals surface area contributed by atoms with Gasteiger partial charge in [0, 0.05) is 5.69 Å². The molecule has 0 saturated carbocycles. The van der Waals surface area contributed by atoms with Gasteiger partial charge in [-0.05, 0) is 24.0 Å². The van der Waals surface area contributed by atoms with Gasteiger partial charge in [0.1, 0.15) is 6.04 Å². The van der Waals surface area contributed by atoms with Crippen molar-refractivity contribution < 1.29 is 14.7 Å². The molecule has 0 aromatic heterocycles. The monoisotopic (exact) mass is 264 g/mol. The highest BCUT2D eigenvalue weighted by atomic mass is 16.4. The summed E-state index contributed by atoms with van der Waals surface area (Å²) in [6, 6.07) is 6.11. The van der Waals surface area contributed by atoms with Crippen LogP contribution in [0.1, 0.15) is 38.7 Å². The van der Waals surface area contributed by atoms with E-state index in [0.29, 0.717) is 12.1 Å². The Bertz CT molecular complexity index is 458. The molecule has 0 spiro atoms. The molecule has 19 heavy (non-hydrogen) atoms. The Balaban J connectivity index is 2.74. The third kappa shape index (κ3) is 4.28. The maximum Gasteiger partial charge on any atom is 0.326 e. The Morgan fingerprint density at radius 2 is 1.89 bits per heavy atom. The molecule has 0 fully saturated rings. The molecule has 1 unspecified atom stereocenters. The fourth-order valence-electron chi connectivity index (χ4n) is 1.77. The van der Waals surface area contributed by atoms with Gasteiger partial charge in [-0.2, -0.15) is 0 Å². The summed E-state index contributed by atoms with van der Waals surface area (Å²) in [5.74, 6) is -0.757. The maximum absolute atomic E-state index is 11.8. The number of urea groups is 1. The zero-order chi connectivity index (χ0) is 14.4. The van der Waals surface area contributed by atoms with Crippen molar-refractivity contribution in [3.8, 4) is 0 Å². The Morgan fingerprint density at radius 1 is 1.26 bits per heavy atom. The summed E-state index contributed by atoms with van der Waals surface area (Å²) >= 11 is 0. The maximum atomic E-state index is 11.8. The van der Waals surface area contributed by atoms with E-state index in [1.165, 1.54) is 0 Å². The molecule has 3 N–H and O–H groups in total. The van der Waals surface area contributed by atoms with E-state index in [1.807, 2.05) is 32.0 Å². The van der Waals surface area contributed by atoms with Gasteiger partial charge in [-0.25, -0.2) is 9.59 Å². The van der Waals surface area contributed by atoms with E-state index in [-0.39, 0.29) is 5.92 Å². The van der Waals surface area contributed by atoms with Crippen LogP contribution in [0.4, 0.5) is 10.5 Å². The largest absolute Gasteiger partial charge is 0.480 e. The SMILES string of the molecule is CCC(NC(=O)Nc1ccccc1C(C)C)C(=O)O. The van der Waals surface area contributed by atoms with E-state index in [4.69, 9.17) is 5.11 Å². The number of aliphatic carboxylic acids is 1. The predicted octanol–water partition coefficient (Wildman–Crippen LogP) is 2.79. The zero-order valence-electron chi connectivity index (χ0n) is 11.4. The number of hydrogen-bond donors (Lipinski definition) is 3. The highest BCUT2D eigenvalue weighted by Crippen LogP contribution is 2.23. The summed E-state index contributed by atoms with van der Waals surface area (Å²) in [6.45, 7) is 5.77. The molecule has 0 radical (unpaired) electrons. The first-order valence-corrected chi connectivity index (χ1v) is 6.35. The molecule has 1 atom stereocenters. The van der Waals surface area contributed by atoms with Crippen LogP contribution in [0.25, 0.3) is 0 Å². The van der Waals surface area contributed by atoms with Crippen LogP contribution < -0.4 is 10.6 Å². The van der Waals surface area contributed by atoms with E-state index < -0.39 is 18.0 Å². The van der Waals surface area contributed by atoms with Gasteiger partial charge in [-0.1, -0.05) is 39.0 Å². The minimum atomic E-state index is -1.03. The van der Waals surface area contributed by atoms with Crippen LogP contribution in [0.15, 0.2) is 24.3 Å². The second-order valence-electron chi connectivity index (χ2n) is 4.64. The van der Waals surface area contributed by atoms with Gasteiger partial charge in [0.25, 0.3) is 0 Å². The number of rotatable bonds is 5. The van der Waals surface area contributed by atoms with Crippen LogP contribution in [-0.2, 0) is 4.79 Å². The zero-order valence-corrected chi connectivity index (χ0v) is 11.4. The number of carbonyl (C=O) groups is 2. The van der Waals surface area contributed by atoms with Gasteiger partial charge in [0.15, 0.2) is 0 Å². The molecule has 5 heteroatoms. The highest BCUT2D eigenvalue weighted by Gasteiger charge is 2.18. The fourth-order valence-corrected chi connectivity index (χ4v) is 1.77. The summed E-state index contributed by atoms with van der Waals surface area (Å²) < 4.78 is 0. The topological polar surface area (TPSA) is 78.4 Å². The molecule has 0 saturated heterocycles. The van der Waals surface area contributed by atoms with Gasteiger partial charge in [0.05, 0.1) is 0 Å². The summed E-state index contributed by atoms with van der Waals surface area (Å²) in [6.07, 6.45) is 0.342. The van der Waals surface area contributed by atoms with E-state index in [1.54, 1.807) is 13.0 Å². The first kappa shape index (κ1) is 15.0. The van der Waals surface area contributed by atoms with Crippen molar-refractivity contribution in [2.75, 3.05) is 5.32 Å². The second kappa shape index (κ2) is 6.78. The number of amides is 2. The molecule has 1 aromatic rings. The van der Waals surface area contributed by atoms with Crippen molar-refractivity contribution in [2.45, 2.75) is 39.2 Å². The molecular weight excluding hydrogens is 244 g/mol. The quantitative estimate of drug-likeness (QED) is 0.765. The van der Waals surface area contributed by atoms with Crippen molar-refractivity contribution in [3.05, 3.63) is 29.8 Å². The average molecular weight is 264 g/mol. The third-order valence-electron chi connectivity index (χ3n) is 2.84. The minimum Gasteiger partial charge on any atom is -0.480 e. The van der Waals surface area contributed by atoms with Gasteiger partial charge < -0.3 is 15.7 Å². The molecule has 0 aliphatic rings. The smallest absolute Gasteiger partial charge is 0.326 e. The van der Waals surface area contributed by atoms with E-state index in [9.17, 15) is 9.59 Å². The predicted molar refractivity (Wildman–Crippen MR) is 74.4 cm³/mol. The molecule has 2 amide bonds. The Labute approximate surface area is 113 Å². The normalized spacial score (nSPS) is 12.0. The van der Waals surface area contributed by atoms with Crippen LogP contribution >= 0.6 is 0 Å². The summed E-state index contributed by atoms with van der Waals surface area (Å²) in [4.78, 5) is 22.6. The second-order valence-corrected chi connectivity index (χ2v) is 4.64. The molecule has 1 rings (SSSR count). The van der Waals surface area contributed by atoms with E-state index >= 15 is 0 Å². The van der Waals surface area contributed by atoms with E-state index in [2.05, 4.69) is 10.6 Å². The van der Waals surface area contributed by atoms with Gasteiger partial charge in [0.2, 0.25) is 0 Å². The van der Waals surface area contributed by atoms with Crippen LogP contribution in [0, 0.1) is 0 Å². The number of benzene rings is 1. The lowest BCUT2D eigenvalue weighted by Crippen LogP contribution is -2.42. The summed E-state index contributed by atoms with van der Waals surface area (Å²) in [7, 11) is 0. The van der Waals surface area contributed by atoms with Crippen molar-refractivity contribution in [1.82, 2.24) is 5.32 Å². The highest BCUT2D eigenvalue weighted by molar-refractivity contribution is 5.92. The fraction of sp³-hybridized carbons (Fsp3) is 0.429. The lowest BCUT2D eigenvalue weighted by Gasteiger charge is -2.16. The number of anilines is 1. The molecule has 0 aliphatic heterocycles. The molecule has 0 aliphatic carbocycles. The Hall–Kier alpha value is -2.04. The average Bonchev–Trinajstić information content (AvgIpc) is 2.35. The number of carbonyl (C=O) groups excluding carboxylic acids is 1. The van der Waals surface area contributed by atoms with Crippen LogP contribution in [-0.4, -0.2) is 23.1 Å². The lowest BCUT2D eigenvalue weighted by molar-refractivity contribution is -0.139. The number of nitrogens with one attached hydrogen (secondary N) is 2. The number of para-hydroxylation sites is 1. The molecule has 5 nitrogen and oxygen atoms in total. The van der Waals surface area contributed by atoms with Crippen molar-refractivity contribution in [2.24, 2.45) is 0 Å². The molecule has 104 valence electrons. The van der Waals surface area contributed by atoms with Crippen LogP contribution in [0.2, 0.25) is 0 Å². The van der Waals surface area contributed by atoms with E-state index in [0.717, 1.165) is 5.56 Å². The lowest BCUT2D eigenvalue weighted by atomic mass is 10.0. The van der Waals surface area contributed by atoms with Gasteiger partial charge in [-0.3, -0.25) is 0 Å². The van der Waals surface area contributed by atoms with Crippen LogP contribution in [0.5, 0.6) is 0 Å². The number of carboxylic acid groups (broad SMARTS) is 1. The summed E-state index contributed by atoms with van der Waals surface area (Å²) in [5.41, 5.74) is 1.72. The first-order valence-electron chi connectivity index (χ1n) is 6.35. The van der Waals surface area contributed by atoms with Crippen molar-refractivity contribution in [3.63, 3.8) is 0 Å². The third-order valence-corrected chi connectivity index (χ3v) is 2.84.